The van der Waals surface area contributed by atoms with Gasteiger partial charge in [-0.15, -0.1) is 0 Å². The van der Waals surface area contributed by atoms with E-state index in [1.54, 1.807) is 4.90 Å². The normalized spacial score (nSPS) is 23.5. The van der Waals surface area contributed by atoms with E-state index in [0.29, 0.717) is 24.4 Å². The van der Waals surface area contributed by atoms with E-state index in [1.165, 1.54) is 37.7 Å². The fourth-order valence-corrected chi connectivity index (χ4v) is 5.94. The number of hydrogen-bond acceptors (Lipinski definition) is 3. The molecule has 3 rings (SSSR count). The Hall–Kier alpha value is -1.36. The quantitative estimate of drug-likeness (QED) is 0.800. The first-order valence-electron chi connectivity index (χ1n) is 9.61. The summed E-state index contributed by atoms with van der Waals surface area (Å²) in [6.07, 6.45) is 7.82. The highest BCUT2D eigenvalue weighted by Crippen LogP contribution is 2.32. The SMILES string of the molecule is CCCN(C(=O)c1ccc(C2CCCCC2)cc1)[C@H]1CCS(=O)(=O)C1. The average Bonchev–Trinajstić information content (AvgIpc) is 2.99. The Bertz CT molecular complexity index is 690. The second-order valence-corrected chi connectivity index (χ2v) is 9.74. The molecule has 2 fully saturated rings. The largest absolute Gasteiger partial charge is 0.335 e. The predicted octanol–water partition coefficient (Wildman–Crippen LogP) is 3.77. The van der Waals surface area contributed by atoms with Gasteiger partial charge in [-0.1, -0.05) is 38.3 Å². The smallest absolute Gasteiger partial charge is 0.254 e. The van der Waals surface area contributed by atoms with Gasteiger partial charge in [0.05, 0.1) is 11.5 Å². The summed E-state index contributed by atoms with van der Waals surface area (Å²) in [5.74, 6) is 0.911. The number of rotatable bonds is 5. The van der Waals surface area contributed by atoms with Crippen LogP contribution in [0, 0.1) is 0 Å². The minimum atomic E-state index is -2.99. The molecule has 138 valence electrons. The van der Waals surface area contributed by atoms with E-state index in [4.69, 9.17) is 0 Å². The van der Waals surface area contributed by atoms with Crippen LogP contribution in [0.4, 0.5) is 0 Å². The molecule has 4 nitrogen and oxygen atoms in total. The molecule has 1 atom stereocenters. The van der Waals surface area contributed by atoms with Crippen LogP contribution < -0.4 is 0 Å². The van der Waals surface area contributed by atoms with Crippen LogP contribution in [0.3, 0.4) is 0 Å². The van der Waals surface area contributed by atoms with Gasteiger partial charge in [-0.05, 0) is 49.3 Å². The maximum Gasteiger partial charge on any atom is 0.254 e. The third kappa shape index (κ3) is 4.43. The van der Waals surface area contributed by atoms with Gasteiger partial charge in [0.2, 0.25) is 0 Å². The molecule has 1 saturated heterocycles. The van der Waals surface area contributed by atoms with Crippen molar-refractivity contribution < 1.29 is 13.2 Å². The molecule has 25 heavy (non-hydrogen) atoms. The number of carbonyl (C=O) groups excluding carboxylic acids is 1. The summed E-state index contributed by atoms with van der Waals surface area (Å²) < 4.78 is 23.6. The predicted molar refractivity (Wildman–Crippen MR) is 101 cm³/mol. The van der Waals surface area contributed by atoms with Crippen molar-refractivity contribution in [3.63, 3.8) is 0 Å². The topological polar surface area (TPSA) is 54.5 Å². The molecular weight excluding hydrogens is 334 g/mol. The van der Waals surface area contributed by atoms with Gasteiger partial charge < -0.3 is 4.90 Å². The highest BCUT2D eigenvalue weighted by atomic mass is 32.2. The summed E-state index contributed by atoms with van der Waals surface area (Å²) in [5.41, 5.74) is 2.01. The van der Waals surface area contributed by atoms with Gasteiger partial charge >= 0.3 is 0 Å². The average molecular weight is 364 g/mol. The highest BCUT2D eigenvalue weighted by Gasteiger charge is 2.34. The Morgan fingerprint density at radius 3 is 2.32 bits per heavy atom. The number of nitrogens with zero attached hydrogens (tertiary/aromatic N) is 1. The lowest BCUT2D eigenvalue weighted by molar-refractivity contribution is 0.0697. The lowest BCUT2D eigenvalue weighted by Crippen LogP contribution is -2.41. The summed E-state index contributed by atoms with van der Waals surface area (Å²) in [6, 6.07) is 7.88. The minimum absolute atomic E-state index is 0.0286. The Kier molecular flexibility index (Phi) is 5.82. The van der Waals surface area contributed by atoms with E-state index < -0.39 is 9.84 Å². The molecule has 1 heterocycles. The molecule has 2 aliphatic rings. The molecule has 0 radical (unpaired) electrons. The lowest BCUT2D eigenvalue weighted by Gasteiger charge is -2.28. The standard InChI is InChI=1S/C20H29NO3S/c1-2-13-21(19-12-14-25(23,24)15-19)20(22)18-10-8-17(9-11-18)16-6-4-3-5-7-16/h8-11,16,19H,2-7,12-15H2,1H3/t19-/m0/s1. The zero-order valence-corrected chi connectivity index (χ0v) is 15.9. The van der Waals surface area contributed by atoms with Crippen molar-refractivity contribution in [2.45, 2.75) is 63.8 Å². The second kappa shape index (κ2) is 7.90. The lowest BCUT2D eigenvalue weighted by atomic mass is 9.84. The van der Waals surface area contributed by atoms with Crippen molar-refractivity contribution in [1.82, 2.24) is 4.90 Å². The van der Waals surface area contributed by atoms with Gasteiger partial charge in [0, 0.05) is 18.2 Å². The van der Waals surface area contributed by atoms with Crippen LogP contribution in [0.2, 0.25) is 0 Å². The molecule has 5 heteroatoms. The molecule has 0 unspecified atom stereocenters. The Morgan fingerprint density at radius 1 is 1.08 bits per heavy atom. The summed E-state index contributed by atoms with van der Waals surface area (Å²) >= 11 is 0. The van der Waals surface area contributed by atoms with Crippen molar-refractivity contribution in [2.24, 2.45) is 0 Å². The Morgan fingerprint density at radius 2 is 1.76 bits per heavy atom. The number of sulfone groups is 1. The number of hydrogen-bond donors (Lipinski definition) is 0. The van der Waals surface area contributed by atoms with Crippen molar-refractivity contribution in [3.8, 4) is 0 Å². The van der Waals surface area contributed by atoms with Crippen LogP contribution >= 0.6 is 0 Å². The Balaban J connectivity index is 1.73. The monoisotopic (exact) mass is 363 g/mol. The van der Waals surface area contributed by atoms with E-state index in [1.807, 2.05) is 19.1 Å². The second-order valence-electron chi connectivity index (χ2n) is 7.51. The summed E-state index contributed by atoms with van der Waals surface area (Å²) in [5, 5.41) is 0. The zero-order chi connectivity index (χ0) is 17.9. The fourth-order valence-electron chi connectivity index (χ4n) is 4.21. The number of carbonyl (C=O) groups is 1. The molecule has 0 aromatic heterocycles. The van der Waals surface area contributed by atoms with Gasteiger partial charge in [0.15, 0.2) is 9.84 Å². The van der Waals surface area contributed by atoms with Crippen molar-refractivity contribution in [2.75, 3.05) is 18.1 Å². The summed E-state index contributed by atoms with van der Waals surface area (Å²) in [6.45, 7) is 2.64. The minimum Gasteiger partial charge on any atom is -0.335 e. The van der Waals surface area contributed by atoms with Crippen molar-refractivity contribution >= 4 is 15.7 Å². The first-order chi connectivity index (χ1) is 12.0. The van der Waals surface area contributed by atoms with Crippen molar-refractivity contribution in [3.05, 3.63) is 35.4 Å². The van der Waals surface area contributed by atoms with Crippen LogP contribution in [0.25, 0.3) is 0 Å². The molecule has 1 aromatic rings. The van der Waals surface area contributed by atoms with Crippen molar-refractivity contribution in [1.29, 1.82) is 0 Å². The van der Waals surface area contributed by atoms with E-state index >= 15 is 0 Å². The molecule has 1 amide bonds. The van der Waals surface area contributed by atoms with Crippen LogP contribution in [0.15, 0.2) is 24.3 Å². The number of benzene rings is 1. The maximum absolute atomic E-state index is 13.0. The molecule has 1 aliphatic carbocycles. The molecule has 1 aliphatic heterocycles. The Labute approximate surface area is 151 Å². The van der Waals surface area contributed by atoms with Gasteiger partial charge in [0.25, 0.3) is 5.91 Å². The van der Waals surface area contributed by atoms with E-state index in [2.05, 4.69) is 12.1 Å². The summed E-state index contributed by atoms with van der Waals surface area (Å²) in [4.78, 5) is 14.7. The van der Waals surface area contributed by atoms with E-state index in [9.17, 15) is 13.2 Å². The van der Waals surface area contributed by atoms with Crippen LogP contribution in [-0.2, 0) is 9.84 Å². The van der Waals surface area contributed by atoms with E-state index in [0.717, 1.165) is 6.42 Å². The van der Waals surface area contributed by atoms with E-state index in [-0.39, 0.29) is 23.5 Å². The van der Waals surface area contributed by atoms with Gasteiger partial charge in [-0.25, -0.2) is 8.42 Å². The third-order valence-electron chi connectivity index (χ3n) is 5.61. The van der Waals surface area contributed by atoms with Crippen LogP contribution in [-0.4, -0.2) is 43.3 Å². The number of amides is 1. The maximum atomic E-state index is 13.0. The fraction of sp³-hybridized carbons (Fsp3) is 0.650. The van der Waals surface area contributed by atoms with Crippen LogP contribution in [0.1, 0.15) is 73.7 Å². The molecule has 0 spiro atoms. The molecule has 1 aromatic carbocycles. The molecule has 1 saturated carbocycles. The molecular formula is C20H29NO3S. The molecule has 0 N–H and O–H groups in total. The first kappa shape index (κ1) is 18.4. The highest BCUT2D eigenvalue weighted by molar-refractivity contribution is 7.91. The third-order valence-corrected chi connectivity index (χ3v) is 7.36. The first-order valence-corrected chi connectivity index (χ1v) is 11.4. The zero-order valence-electron chi connectivity index (χ0n) is 15.1. The van der Waals surface area contributed by atoms with Gasteiger partial charge in [-0.3, -0.25) is 4.79 Å². The van der Waals surface area contributed by atoms with Gasteiger partial charge in [0.1, 0.15) is 0 Å². The van der Waals surface area contributed by atoms with Crippen LogP contribution in [0.5, 0.6) is 0 Å². The van der Waals surface area contributed by atoms with Gasteiger partial charge in [-0.2, -0.15) is 0 Å². The molecule has 0 bridgehead atoms. The summed E-state index contributed by atoms with van der Waals surface area (Å²) in [7, 11) is -2.99.